The zero-order chi connectivity index (χ0) is 13.5. The first kappa shape index (κ1) is 14.5. The molecule has 0 fully saturated rings. The minimum Gasteiger partial charge on any atom is -0.459 e. The molecule has 4 heteroatoms. The Morgan fingerprint density at radius 3 is 2.44 bits per heavy atom. The summed E-state index contributed by atoms with van der Waals surface area (Å²) in [6, 6.07) is 7.29. The molecule has 0 saturated heterocycles. The Hall–Kier alpha value is -1.55. The van der Waals surface area contributed by atoms with E-state index in [1.807, 2.05) is 38.1 Å². The first-order valence-electron chi connectivity index (χ1n) is 6.14. The molecule has 0 aromatic heterocycles. The molecule has 18 heavy (non-hydrogen) atoms. The minimum atomic E-state index is -0.314. The van der Waals surface area contributed by atoms with Gasteiger partial charge < -0.3 is 14.7 Å². The lowest BCUT2D eigenvalue weighted by Crippen LogP contribution is -2.15. The molecule has 0 radical (unpaired) electrons. The van der Waals surface area contributed by atoms with Gasteiger partial charge in [0.05, 0.1) is 11.7 Å². The van der Waals surface area contributed by atoms with Crippen molar-refractivity contribution in [2.75, 3.05) is 25.6 Å². The van der Waals surface area contributed by atoms with Crippen LogP contribution in [0.5, 0.6) is 0 Å². The van der Waals surface area contributed by atoms with Crippen LogP contribution in [0.25, 0.3) is 0 Å². The fourth-order valence-corrected chi connectivity index (χ4v) is 1.58. The van der Waals surface area contributed by atoms with Gasteiger partial charge in [0, 0.05) is 26.4 Å². The highest BCUT2D eigenvalue weighted by Gasteiger charge is 2.11. The highest BCUT2D eigenvalue weighted by atomic mass is 16.5. The van der Waals surface area contributed by atoms with Crippen molar-refractivity contribution < 1.29 is 14.6 Å². The Labute approximate surface area is 108 Å². The first-order chi connectivity index (χ1) is 8.54. The zero-order valence-electron chi connectivity index (χ0n) is 11.2. The molecule has 0 aliphatic heterocycles. The van der Waals surface area contributed by atoms with Gasteiger partial charge in [0.15, 0.2) is 0 Å². The molecule has 1 atom stereocenters. The summed E-state index contributed by atoms with van der Waals surface area (Å²) in [5.41, 5.74) is 1.59. The van der Waals surface area contributed by atoms with Gasteiger partial charge in [0.25, 0.3) is 0 Å². The van der Waals surface area contributed by atoms with E-state index >= 15 is 0 Å². The van der Waals surface area contributed by atoms with E-state index < -0.39 is 0 Å². The number of hydrogen-bond donors (Lipinski definition) is 1. The Balaban J connectivity index is 2.56. The molecule has 0 saturated carbocycles. The summed E-state index contributed by atoms with van der Waals surface area (Å²) in [7, 11) is 3.90. The lowest BCUT2D eigenvalue weighted by molar-refractivity contribution is 0.0310. The molecule has 0 heterocycles. The molecule has 1 rings (SSSR count). The van der Waals surface area contributed by atoms with Gasteiger partial charge >= 0.3 is 5.97 Å². The van der Waals surface area contributed by atoms with Gasteiger partial charge in [-0.15, -0.1) is 0 Å². The monoisotopic (exact) mass is 251 g/mol. The number of aliphatic hydroxyl groups is 1. The summed E-state index contributed by atoms with van der Waals surface area (Å²) >= 11 is 0. The normalized spacial score (nSPS) is 12.0. The van der Waals surface area contributed by atoms with E-state index in [0.29, 0.717) is 18.4 Å². The van der Waals surface area contributed by atoms with Crippen LogP contribution in [0.3, 0.4) is 0 Å². The Morgan fingerprint density at radius 2 is 1.94 bits per heavy atom. The maximum atomic E-state index is 11.8. The van der Waals surface area contributed by atoms with Crippen LogP contribution in [0.1, 0.15) is 30.1 Å². The van der Waals surface area contributed by atoms with E-state index in [-0.39, 0.29) is 18.7 Å². The highest BCUT2D eigenvalue weighted by molar-refractivity contribution is 5.89. The summed E-state index contributed by atoms with van der Waals surface area (Å²) < 4.78 is 5.28. The molecule has 1 aromatic carbocycles. The summed E-state index contributed by atoms with van der Waals surface area (Å²) in [4.78, 5) is 13.8. The number of rotatable bonds is 6. The largest absolute Gasteiger partial charge is 0.459 e. The number of carbonyl (C=O) groups is 1. The van der Waals surface area contributed by atoms with Crippen molar-refractivity contribution in [1.82, 2.24) is 0 Å². The van der Waals surface area contributed by atoms with Gasteiger partial charge in [-0.3, -0.25) is 0 Å². The summed E-state index contributed by atoms with van der Waals surface area (Å²) in [5, 5.41) is 8.70. The third-order valence-electron chi connectivity index (χ3n) is 2.70. The van der Waals surface area contributed by atoms with Crippen LogP contribution in [0.15, 0.2) is 24.3 Å². The smallest absolute Gasteiger partial charge is 0.338 e. The van der Waals surface area contributed by atoms with Gasteiger partial charge in [-0.1, -0.05) is 0 Å². The number of benzene rings is 1. The predicted molar refractivity (Wildman–Crippen MR) is 72.0 cm³/mol. The average Bonchev–Trinajstić information content (AvgIpc) is 2.36. The van der Waals surface area contributed by atoms with E-state index in [1.54, 1.807) is 12.1 Å². The van der Waals surface area contributed by atoms with Crippen molar-refractivity contribution in [1.29, 1.82) is 0 Å². The third kappa shape index (κ3) is 4.37. The molecule has 0 spiro atoms. The second-order valence-electron chi connectivity index (χ2n) is 4.52. The lowest BCUT2D eigenvalue weighted by atomic mass is 10.2. The van der Waals surface area contributed by atoms with E-state index in [4.69, 9.17) is 9.84 Å². The maximum Gasteiger partial charge on any atom is 0.338 e. The second-order valence-corrected chi connectivity index (χ2v) is 4.52. The van der Waals surface area contributed by atoms with E-state index in [2.05, 4.69) is 0 Å². The second kappa shape index (κ2) is 7.01. The van der Waals surface area contributed by atoms with E-state index in [0.717, 1.165) is 5.69 Å². The van der Waals surface area contributed by atoms with Crippen molar-refractivity contribution in [3.8, 4) is 0 Å². The van der Waals surface area contributed by atoms with Crippen LogP contribution < -0.4 is 4.90 Å². The zero-order valence-corrected chi connectivity index (χ0v) is 11.2. The van der Waals surface area contributed by atoms with Gasteiger partial charge in [-0.2, -0.15) is 0 Å². The fraction of sp³-hybridized carbons (Fsp3) is 0.500. The number of anilines is 1. The molecular weight excluding hydrogens is 230 g/mol. The van der Waals surface area contributed by atoms with Gasteiger partial charge in [-0.05, 0) is 44.0 Å². The molecule has 1 aromatic rings. The number of esters is 1. The van der Waals surface area contributed by atoms with Crippen LogP contribution in [-0.2, 0) is 4.74 Å². The molecule has 0 amide bonds. The van der Waals surface area contributed by atoms with Crippen molar-refractivity contribution in [3.63, 3.8) is 0 Å². The Morgan fingerprint density at radius 1 is 1.33 bits per heavy atom. The summed E-state index contributed by atoms with van der Waals surface area (Å²) in [6.07, 6.45) is 1.16. The summed E-state index contributed by atoms with van der Waals surface area (Å²) in [6.45, 7) is 1.96. The van der Waals surface area contributed by atoms with Crippen LogP contribution in [0, 0.1) is 0 Å². The number of ether oxygens (including phenoxy) is 1. The van der Waals surface area contributed by atoms with Crippen molar-refractivity contribution in [2.24, 2.45) is 0 Å². The Kier molecular flexibility index (Phi) is 5.65. The van der Waals surface area contributed by atoms with Crippen LogP contribution >= 0.6 is 0 Å². The maximum absolute atomic E-state index is 11.8. The molecule has 100 valence electrons. The lowest BCUT2D eigenvalue weighted by Gasteiger charge is -2.14. The van der Waals surface area contributed by atoms with Crippen LogP contribution in [0.4, 0.5) is 5.69 Å². The standard InChI is InChI=1S/C14H21NO3/c1-11(5-4-10-16)18-14(17)12-6-8-13(9-7-12)15(2)3/h6-9,11,16H,4-5,10H2,1-3H3. The number of nitrogens with zero attached hydrogens (tertiary/aromatic N) is 1. The van der Waals surface area contributed by atoms with Crippen LogP contribution in [0.2, 0.25) is 0 Å². The van der Waals surface area contributed by atoms with E-state index in [1.165, 1.54) is 0 Å². The van der Waals surface area contributed by atoms with E-state index in [9.17, 15) is 4.79 Å². The molecule has 0 bridgehead atoms. The molecule has 0 aliphatic rings. The van der Waals surface area contributed by atoms with Crippen molar-refractivity contribution in [3.05, 3.63) is 29.8 Å². The van der Waals surface area contributed by atoms with Gasteiger partial charge in [0.2, 0.25) is 0 Å². The fourth-order valence-electron chi connectivity index (χ4n) is 1.58. The van der Waals surface area contributed by atoms with Gasteiger partial charge in [-0.25, -0.2) is 4.79 Å². The number of aliphatic hydroxyl groups excluding tert-OH is 1. The summed E-state index contributed by atoms with van der Waals surface area (Å²) in [5.74, 6) is -0.314. The third-order valence-corrected chi connectivity index (χ3v) is 2.70. The van der Waals surface area contributed by atoms with Gasteiger partial charge in [0.1, 0.15) is 0 Å². The molecule has 1 unspecified atom stereocenters. The number of hydrogen-bond acceptors (Lipinski definition) is 4. The van der Waals surface area contributed by atoms with Crippen molar-refractivity contribution >= 4 is 11.7 Å². The number of carbonyl (C=O) groups excluding carboxylic acids is 1. The average molecular weight is 251 g/mol. The first-order valence-corrected chi connectivity index (χ1v) is 6.14. The molecule has 0 aliphatic carbocycles. The van der Waals surface area contributed by atoms with Crippen molar-refractivity contribution in [2.45, 2.75) is 25.9 Å². The molecule has 4 nitrogen and oxygen atoms in total. The predicted octanol–water partition coefficient (Wildman–Crippen LogP) is 2.07. The quantitative estimate of drug-likeness (QED) is 0.786. The highest BCUT2D eigenvalue weighted by Crippen LogP contribution is 2.14. The topological polar surface area (TPSA) is 49.8 Å². The van der Waals surface area contributed by atoms with Crippen LogP contribution in [-0.4, -0.2) is 37.9 Å². The molecule has 1 N–H and O–H groups in total. The SMILES string of the molecule is CC(CCCO)OC(=O)c1ccc(N(C)C)cc1. The minimum absolute atomic E-state index is 0.124. The Bertz CT molecular complexity index is 373. The molecular formula is C14H21NO3.